The van der Waals surface area contributed by atoms with Crippen LogP contribution in [0.2, 0.25) is 0 Å². The summed E-state index contributed by atoms with van der Waals surface area (Å²) >= 11 is 0. The van der Waals surface area contributed by atoms with Crippen LogP contribution in [0.4, 0.5) is 0 Å². The zero-order valence-corrected chi connectivity index (χ0v) is 22.7. The number of likely N-dealkylation sites (N-methyl/N-ethyl adjacent to an activating group) is 1. The highest BCUT2D eigenvalue weighted by molar-refractivity contribution is 6.33. The average Bonchev–Trinajstić information content (AvgIpc) is 2.94. The zero-order chi connectivity index (χ0) is 30.2. The highest BCUT2D eigenvalue weighted by atomic mass is 16.3. The average molecular weight is 569 g/mol. The Labute approximate surface area is 240 Å². The molecule has 42 heavy (non-hydrogen) atoms. The number of nitrogens with zero attached hydrogens (tertiary/aromatic N) is 1. The second-order valence-corrected chi connectivity index (χ2v) is 11.4. The van der Waals surface area contributed by atoms with Gasteiger partial charge in [-0.1, -0.05) is 54.6 Å². The summed E-state index contributed by atoms with van der Waals surface area (Å²) in [5.41, 5.74) is 3.37. The van der Waals surface area contributed by atoms with E-state index in [0.717, 1.165) is 10.8 Å². The van der Waals surface area contributed by atoms with E-state index in [1.54, 1.807) is 12.1 Å². The minimum absolute atomic E-state index is 0.191. The largest absolute Gasteiger partial charge is 0.507 e. The molecule has 3 aliphatic rings. The number of hydrogen-bond acceptors (Lipinski definition) is 9. The fraction of sp³-hybridized carbons (Fsp3) is 0.281. The fourth-order valence-electron chi connectivity index (χ4n) is 7.15. The minimum Gasteiger partial charge on any atom is -0.507 e. The van der Waals surface area contributed by atoms with E-state index in [4.69, 9.17) is 5.73 Å². The molecule has 3 aromatic rings. The summed E-state index contributed by atoms with van der Waals surface area (Å²) in [4.78, 5) is 68.6. The van der Waals surface area contributed by atoms with Crippen LogP contribution in [0.1, 0.15) is 21.5 Å². The molecule has 2 unspecified atom stereocenters. The molecule has 0 aliphatic heterocycles. The van der Waals surface area contributed by atoms with Gasteiger partial charge in [-0.2, -0.15) is 0 Å². The summed E-state index contributed by atoms with van der Waals surface area (Å²) in [5.74, 6) is -13.2. The van der Waals surface area contributed by atoms with E-state index >= 15 is 0 Å². The second kappa shape index (κ2) is 9.52. The zero-order valence-electron chi connectivity index (χ0n) is 22.7. The molecule has 10 nitrogen and oxygen atoms in total. The molecule has 214 valence electrons. The topological polar surface area (TPSA) is 175 Å². The van der Waals surface area contributed by atoms with Gasteiger partial charge in [0.05, 0.1) is 29.5 Å². The van der Waals surface area contributed by atoms with Crippen molar-refractivity contribution in [2.75, 3.05) is 14.1 Å². The number of aromatic hydroxyl groups is 1. The number of ketones is 4. The number of nitrogens with two attached hydrogens (primary N) is 1. The maximum absolute atomic E-state index is 14.2. The molecular formula is C32H28N2O8. The van der Waals surface area contributed by atoms with Gasteiger partial charge in [0.15, 0.2) is 34.7 Å². The number of aliphatic hydroxyl groups excluding tert-OH is 1. The first-order chi connectivity index (χ1) is 19.9. The molecule has 0 radical (unpaired) electrons. The molecule has 0 bridgehead atoms. The standard InChI is InChI=1S/C32H28N2O8/c1-34(2)25-24-27(37)21-18(13-14-10-11-15-6-3-4-7-16(15)12-14)17-8-5-9-19(35)20(17)26(36)22(21)29(39)32(24,42)30(40)23(28(25)38)31(33)41/h3-13,21-25,27,35,37,42H,1-2H3,(H2,33,41)/b18-13+/t21-,22?,23?,24-,25+,27+,32-/m0/s1. The van der Waals surface area contributed by atoms with E-state index in [0.29, 0.717) is 11.1 Å². The number of aliphatic hydroxyl groups is 2. The van der Waals surface area contributed by atoms with E-state index < -0.39 is 76.2 Å². The summed E-state index contributed by atoms with van der Waals surface area (Å²) in [5, 5.41) is 36.5. The van der Waals surface area contributed by atoms with Crippen LogP contribution in [0.15, 0.2) is 60.7 Å². The third-order valence-electron chi connectivity index (χ3n) is 8.97. The van der Waals surface area contributed by atoms with Gasteiger partial charge >= 0.3 is 0 Å². The van der Waals surface area contributed by atoms with E-state index in [2.05, 4.69) is 0 Å². The molecule has 5 N–H and O–H groups in total. The van der Waals surface area contributed by atoms with Gasteiger partial charge in [0.2, 0.25) is 5.91 Å². The van der Waals surface area contributed by atoms with E-state index in [1.165, 1.54) is 31.1 Å². The molecule has 2 fully saturated rings. The summed E-state index contributed by atoms with van der Waals surface area (Å²) in [6.07, 6.45) is -0.0723. The number of primary amides is 1. The van der Waals surface area contributed by atoms with Crippen molar-refractivity contribution in [3.8, 4) is 5.75 Å². The number of benzene rings is 3. The Morgan fingerprint density at radius 3 is 2.31 bits per heavy atom. The number of phenols is 1. The van der Waals surface area contributed by atoms with E-state index in [-0.39, 0.29) is 11.1 Å². The van der Waals surface area contributed by atoms with Gasteiger partial charge in [0.25, 0.3) is 0 Å². The van der Waals surface area contributed by atoms with Crippen LogP contribution in [0.25, 0.3) is 22.4 Å². The molecule has 3 aliphatic carbocycles. The summed E-state index contributed by atoms with van der Waals surface area (Å²) < 4.78 is 0. The Morgan fingerprint density at radius 2 is 1.64 bits per heavy atom. The highest BCUT2D eigenvalue weighted by Crippen LogP contribution is 2.54. The van der Waals surface area contributed by atoms with Crippen molar-refractivity contribution in [2.45, 2.75) is 17.7 Å². The first kappa shape index (κ1) is 27.6. The Kier molecular flexibility index (Phi) is 6.27. The number of Topliss-reactive ketones (excluding diaryl/α,β-unsaturated/α-hetero) is 4. The van der Waals surface area contributed by atoms with Gasteiger partial charge in [0, 0.05) is 5.92 Å². The number of fused-ring (bicyclic) bond motifs is 4. The van der Waals surface area contributed by atoms with Gasteiger partial charge in [0.1, 0.15) is 5.75 Å². The molecule has 10 heteroatoms. The number of phenolic OH excluding ortho intramolecular Hbond substituents is 1. The van der Waals surface area contributed by atoms with Crippen LogP contribution in [-0.2, 0) is 19.2 Å². The van der Waals surface area contributed by atoms with Gasteiger partial charge in [-0.3, -0.25) is 28.9 Å². The lowest BCUT2D eigenvalue weighted by atomic mass is 9.50. The fourth-order valence-corrected chi connectivity index (χ4v) is 7.15. The molecule has 0 aromatic heterocycles. The van der Waals surface area contributed by atoms with Gasteiger partial charge in [-0.15, -0.1) is 0 Å². The van der Waals surface area contributed by atoms with E-state index in [9.17, 15) is 39.3 Å². The quantitative estimate of drug-likeness (QED) is 0.336. The Hall–Kier alpha value is -4.51. The van der Waals surface area contributed by atoms with Gasteiger partial charge < -0.3 is 21.1 Å². The second-order valence-electron chi connectivity index (χ2n) is 11.4. The predicted octanol–water partition coefficient (Wildman–Crippen LogP) is 0.989. The van der Waals surface area contributed by atoms with Crippen molar-refractivity contribution >= 4 is 51.5 Å². The van der Waals surface area contributed by atoms with Crippen LogP contribution >= 0.6 is 0 Å². The molecule has 6 rings (SSSR count). The molecule has 7 atom stereocenters. The number of carbonyl (C=O) groups excluding carboxylic acids is 5. The summed E-state index contributed by atoms with van der Waals surface area (Å²) in [7, 11) is 2.90. The smallest absolute Gasteiger partial charge is 0.235 e. The highest BCUT2D eigenvalue weighted by Gasteiger charge is 2.72. The van der Waals surface area contributed by atoms with Crippen molar-refractivity contribution < 1.29 is 39.3 Å². The van der Waals surface area contributed by atoms with Crippen LogP contribution in [0.3, 0.4) is 0 Å². The number of hydrogen-bond donors (Lipinski definition) is 4. The third kappa shape index (κ3) is 3.65. The SMILES string of the molecule is CN(C)[C@H]1C(=O)C(C(N)=O)C(=O)[C@@]2(O)C(=O)C3C(=O)c4c(O)cccc4/C(=C\c4ccc5ccccc5c4)[C@@H]3[C@@H](O)[C@H]12. The molecule has 0 heterocycles. The third-order valence-corrected chi connectivity index (χ3v) is 8.97. The number of amides is 1. The molecule has 0 saturated heterocycles. The normalized spacial score (nSPS) is 31.7. The van der Waals surface area contributed by atoms with Crippen molar-refractivity contribution in [3.63, 3.8) is 0 Å². The maximum Gasteiger partial charge on any atom is 0.235 e. The number of carbonyl (C=O) groups is 5. The first-order valence-electron chi connectivity index (χ1n) is 13.4. The first-order valence-corrected chi connectivity index (χ1v) is 13.4. The molecule has 2 saturated carbocycles. The number of rotatable bonds is 3. The lowest BCUT2D eigenvalue weighted by molar-refractivity contribution is -0.192. The Balaban J connectivity index is 1.61. The summed E-state index contributed by atoms with van der Waals surface area (Å²) in [6, 6.07) is 16.2. The van der Waals surface area contributed by atoms with Gasteiger partial charge in [-0.05, 0) is 53.7 Å². The van der Waals surface area contributed by atoms with Crippen LogP contribution in [-0.4, -0.2) is 81.1 Å². The van der Waals surface area contributed by atoms with Gasteiger partial charge in [-0.25, -0.2) is 0 Å². The van der Waals surface area contributed by atoms with Crippen LogP contribution < -0.4 is 5.73 Å². The molecule has 1 amide bonds. The van der Waals surface area contributed by atoms with Crippen LogP contribution in [0.5, 0.6) is 5.75 Å². The monoisotopic (exact) mass is 568 g/mol. The van der Waals surface area contributed by atoms with Crippen molar-refractivity contribution in [2.24, 2.45) is 29.4 Å². The van der Waals surface area contributed by atoms with Crippen molar-refractivity contribution in [1.82, 2.24) is 4.90 Å². The van der Waals surface area contributed by atoms with Crippen LogP contribution in [0, 0.1) is 23.7 Å². The van der Waals surface area contributed by atoms with Crippen molar-refractivity contribution in [1.29, 1.82) is 0 Å². The molecular weight excluding hydrogens is 540 g/mol. The maximum atomic E-state index is 14.2. The molecule has 3 aromatic carbocycles. The Bertz CT molecular complexity index is 1760. The predicted molar refractivity (Wildman–Crippen MR) is 151 cm³/mol. The minimum atomic E-state index is -3.06. The van der Waals surface area contributed by atoms with E-state index in [1.807, 2.05) is 42.5 Å². The summed E-state index contributed by atoms with van der Waals surface area (Å²) in [6.45, 7) is 0. The molecule has 0 spiro atoms. The lowest BCUT2D eigenvalue weighted by Crippen LogP contribution is -2.77. The van der Waals surface area contributed by atoms with Crippen molar-refractivity contribution in [3.05, 3.63) is 77.4 Å². The lowest BCUT2D eigenvalue weighted by Gasteiger charge is -2.55. The Morgan fingerprint density at radius 1 is 0.952 bits per heavy atom.